The van der Waals surface area contributed by atoms with Gasteiger partial charge in [0.25, 0.3) is 0 Å². The van der Waals surface area contributed by atoms with E-state index >= 15 is 0 Å². The van der Waals surface area contributed by atoms with Crippen molar-refractivity contribution in [3.63, 3.8) is 0 Å². The summed E-state index contributed by atoms with van der Waals surface area (Å²) in [4.78, 5) is 71.6. The Morgan fingerprint density at radius 1 is 0.351 bits per heavy atom. The van der Waals surface area contributed by atoms with Crippen LogP contribution in [0.15, 0.2) is 0 Å². The van der Waals surface area contributed by atoms with Crippen LogP contribution in [0, 0.1) is 5.92 Å². The molecule has 77 heavy (non-hydrogen) atoms. The van der Waals surface area contributed by atoms with Gasteiger partial charge in [-0.2, -0.15) is 0 Å². The molecule has 0 rings (SSSR count). The fraction of sp³-hybridized carbons (Fsp3) is 0.931. The first kappa shape index (κ1) is 75.1. The van der Waals surface area contributed by atoms with Gasteiger partial charge in [-0.25, -0.2) is 9.13 Å². The zero-order chi connectivity index (χ0) is 57.1. The number of phosphoric acid groups is 2. The molecule has 0 spiro atoms. The molecule has 17 nitrogen and oxygen atoms in total. The van der Waals surface area contributed by atoms with E-state index in [1.165, 1.54) is 96.3 Å². The van der Waals surface area contributed by atoms with Crippen molar-refractivity contribution in [3.05, 3.63) is 0 Å². The SMILES string of the molecule is CCCCCCCCCCCCCCCC(=O)O[C@H](COC(=O)CCCCCCCCCCC(C)C)COP(=O)(O)OC[C@@H](O)COP(=O)(O)OC[C@@H](COC(=O)CCCCCCC)OC(=O)CCCCCCCCCC. The van der Waals surface area contributed by atoms with Gasteiger partial charge in [0.05, 0.1) is 26.4 Å². The number of phosphoric ester groups is 2. The predicted molar refractivity (Wildman–Crippen MR) is 303 cm³/mol. The van der Waals surface area contributed by atoms with Crippen molar-refractivity contribution in [1.29, 1.82) is 0 Å². The number of aliphatic hydroxyl groups is 1. The maximum Gasteiger partial charge on any atom is 0.472 e. The number of hydrogen-bond donors (Lipinski definition) is 3. The van der Waals surface area contributed by atoms with Gasteiger partial charge in [-0.05, 0) is 31.6 Å². The molecule has 3 N–H and O–H groups in total. The number of carbonyl (C=O) groups is 4. The minimum Gasteiger partial charge on any atom is -0.462 e. The van der Waals surface area contributed by atoms with Crippen LogP contribution in [0.25, 0.3) is 0 Å². The van der Waals surface area contributed by atoms with E-state index in [0.29, 0.717) is 25.7 Å². The van der Waals surface area contributed by atoms with Crippen molar-refractivity contribution in [2.24, 2.45) is 5.92 Å². The molecule has 0 aliphatic carbocycles. The maximum absolute atomic E-state index is 12.9. The molecule has 0 aromatic rings. The number of carbonyl (C=O) groups excluding carboxylic acids is 4. The molecule has 456 valence electrons. The summed E-state index contributed by atoms with van der Waals surface area (Å²) in [5.74, 6) is -1.43. The molecule has 0 aliphatic heterocycles. The quantitative estimate of drug-likeness (QED) is 0.0222. The third kappa shape index (κ3) is 53.2. The van der Waals surface area contributed by atoms with Crippen LogP contribution in [0.3, 0.4) is 0 Å². The first-order valence-electron chi connectivity index (χ1n) is 30.6. The van der Waals surface area contributed by atoms with Crippen molar-refractivity contribution in [3.8, 4) is 0 Å². The van der Waals surface area contributed by atoms with Gasteiger partial charge in [-0.3, -0.25) is 37.3 Å². The van der Waals surface area contributed by atoms with Gasteiger partial charge in [-0.15, -0.1) is 0 Å². The van der Waals surface area contributed by atoms with Crippen LogP contribution in [-0.4, -0.2) is 96.7 Å². The van der Waals surface area contributed by atoms with Crippen molar-refractivity contribution < 1.29 is 80.2 Å². The highest BCUT2D eigenvalue weighted by molar-refractivity contribution is 7.47. The van der Waals surface area contributed by atoms with E-state index in [1.807, 2.05) is 0 Å². The van der Waals surface area contributed by atoms with Gasteiger partial charge in [0.1, 0.15) is 19.3 Å². The van der Waals surface area contributed by atoms with Gasteiger partial charge in [0.2, 0.25) is 0 Å². The molecule has 0 aliphatic rings. The number of aliphatic hydroxyl groups excluding tert-OH is 1. The zero-order valence-electron chi connectivity index (χ0n) is 49.1. The number of unbranched alkanes of at least 4 members (excludes halogenated alkanes) is 30. The second-order valence-electron chi connectivity index (χ2n) is 21.5. The molecule has 0 aromatic heterocycles. The summed E-state index contributed by atoms with van der Waals surface area (Å²) < 4.78 is 67.5. The lowest BCUT2D eigenvalue weighted by Gasteiger charge is -2.21. The topological polar surface area (TPSA) is 237 Å². The van der Waals surface area contributed by atoms with Crippen LogP contribution < -0.4 is 0 Å². The van der Waals surface area contributed by atoms with E-state index in [1.54, 1.807) is 0 Å². The minimum atomic E-state index is -4.94. The highest BCUT2D eigenvalue weighted by Gasteiger charge is 2.30. The zero-order valence-corrected chi connectivity index (χ0v) is 50.9. The first-order valence-corrected chi connectivity index (χ1v) is 33.6. The third-order valence-electron chi connectivity index (χ3n) is 13.3. The first-order chi connectivity index (χ1) is 37.0. The Hall–Kier alpha value is -1.94. The van der Waals surface area contributed by atoms with Crippen LogP contribution in [0.1, 0.15) is 285 Å². The predicted octanol–water partition coefficient (Wildman–Crippen LogP) is 15.5. The fourth-order valence-electron chi connectivity index (χ4n) is 8.52. The molecule has 0 radical (unpaired) electrons. The molecule has 5 atom stereocenters. The summed E-state index contributed by atoms with van der Waals surface area (Å²) in [5.41, 5.74) is 0. The Morgan fingerprint density at radius 2 is 0.597 bits per heavy atom. The van der Waals surface area contributed by atoms with Crippen molar-refractivity contribution in [1.82, 2.24) is 0 Å². The maximum atomic E-state index is 12.9. The van der Waals surface area contributed by atoms with Gasteiger partial charge >= 0.3 is 39.5 Å². The highest BCUT2D eigenvalue weighted by atomic mass is 31.2. The standard InChI is InChI=1S/C58H112O17P2/c1-6-9-12-15-17-19-20-21-22-23-29-34-39-44-58(63)75-54(48-69-56(61)42-37-32-28-25-24-26-31-35-40-51(4)5)50-73-77(66,67)71-46-52(59)45-70-76(64,65)72-49-53(47-68-55(60)41-36-30-14-11-8-3)74-57(62)43-38-33-27-18-16-13-10-7-2/h51-54,59H,6-50H2,1-5H3,(H,64,65)(H,66,67)/t52-,53+,54+/m0/s1. The lowest BCUT2D eigenvalue weighted by atomic mass is 10.0. The van der Waals surface area contributed by atoms with E-state index in [2.05, 4.69) is 34.6 Å². The largest absolute Gasteiger partial charge is 0.472 e. The fourth-order valence-corrected chi connectivity index (χ4v) is 10.1. The molecule has 0 saturated heterocycles. The number of rotatable bonds is 58. The van der Waals surface area contributed by atoms with E-state index in [9.17, 15) is 43.2 Å². The summed E-state index contributed by atoms with van der Waals surface area (Å²) in [6.45, 7) is 7.00. The summed E-state index contributed by atoms with van der Waals surface area (Å²) >= 11 is 0. The molecule has 0 saturated carbocycles. The van der Waals surface area contributed by atoms with Gasteiger partial charge < -0.3 is 33.8 Å². The lowest BCUT2D eigenvalue weighted by molar-refractivity contribution is -0.161. The molecule has 2 unspecified atom stereocenters. The number of hydrogen-bond acceptors (Lipinski definition) is 15. The van der Waals surface area contributed by atoms with E-state index in [4.69, 9.17) is 37.0 Å². The van der Waals surface area contributed by atoms with E-state index in [-0.39, 0.29) is 25.7 Å². The summed E-state index contributed by atoms with van der Waals surface area (Å²) in [6.07, 6.45) is 33.9. The van der Waals surface area contributed by atoms with Crippen molar-refractivity contribution >= 4 is 39.5 Å². The smallest absolute Gasteiger partial charge is 0.462 e. The van der Waals surface area contributed by atoms with Crippen molar-refractivity contribution in [2.45, 2.75) is 303 Å². The number of ether oxygens (including phenoxy) is 4. The molecule has 0 aromatic carbocycles. The highest BCUT2D eigenvalue weighted by Crippen LogP contribution is 2.45. The van der Waals surface area contributed by atoms with Crippen molar-refractivity contribution in [2.75, 3.05) is 39.6 Å². The molecule has 0 fully saturated rings. The van der Waals surface area contributed by atoms with Crippen LogP contribution in [0.5, 0.6) is 0 Å². The van der Waals surface area contributed by atoms with Gasteiger partial charge in [-0.1, -0.05) is 234 Å². The second kappa shape index (κ2) is 52.2. The monoisotopic (exact) mass is 1140 g/mol. The average molecular weight is 1140 g/mol. The molecule has 0 heterocycles. The van der Waals surface area contributed by atoms with Crippen LogP contribution in [0.2, 0.25) is 0 Å². The average Bonchev–Trinajstić information content (AvgIpc) is 3.39. The Bertz CT molecular complexity index is 1520. The summed E-state index contributed by atoms with van der Waals surface area (Å²) in [6, 6.07) is 0. The normalized spacial score (nSPS) is 14.4. The minimum absolute atomic E-state index is 0.104. The van der Waals surface area contributed by atoms with E-state index < -0.39 is 97.5 Å². The molecule has 0 amide bonds. The molecule has 19 heteroatoms. The summed E-state index contributed by atoms with van der Waals surface area (Å²) in [5, 5.41) is 10.5. The number of esters is 4. The molecule has 0 bridgehead atoms. The van der Waals surface area contributed by atoms with E-state index in [0.717, 1.165) is 109 Å². The summed E-state index contributed by atoms with van der Waals surface area (Å²) in [7, 11) is -9.86. The Labute approximate surface area is 467 Å². The van der Waals surface area contributed by atoms with Crippen LogP contribution >= 0.6 is 15.6 Å². The lowest BCUT2D eigenvalue weighted by Crippen LogP contribution is -2.30. The Kier molecular flexibility index (Phi) is 50.8. The van der Waals surface area contributed by atoms with Gasteiger partial charge in [0, 0.05) is 25.7 Å². The third-order valence-corrected chi connectivity index (χ3v) is 15.2. The molecular weight excluding hydrogens is 1030 g/mol. The van der Waals surface area contributed by atoms with Crippen LogP contribution in [0.4, 0.5) is 0 Å². The Balaban J connectivity index is 5.18. The molecular formula is C58H112O17P2. The second-order valence-corrected chi connectivity index (χ2v) is 24.4. The Morgan fingerprint density at radius 3 is 0.883 bits per heavy atom. The van der Waals surface area contributed by atoms with Gasteiger partial charge in [0.15, 0.2) is 12.2 Å². The van der Waals surface area contributed by atoms with Crippen LogP contribution in [-0.2, 0) is 65.4 Å².